The smallest absolute Gasteiger partial charge is 0.136 e. The third-order valence-corrected chi connectivity index (χ3v) is 3.20. The molecule has 2 rings (SSSR count). The van der Waals surface area contributed by atoms with Crippen LogP contribution in [0.25, 0.3) is 0 Å². The van der Waals surface area contributed by atoms with Gasteiger partial charge in [0, 0.05) is 5.69 Å². The molecule has 4 heteroatoms. The topological polar surface area (TPSA) is 57.4 Å². The van der Waals surface area contributed by atoms with Gasteiger partial charge in [0.2, 0.25) is 0 Å². The van der Waals surface area contributed by atoms with E-state index in [4.69, 9.17) is 15.2 Å². The number of hydrogen-bond acceptors (Lipinski definition) is 4. The van der Waals surface area contributed by atoms with Crippen molar-refractivity contribution in [3.63, 3.8) is 0 Å². The van der Waals surface area contributed by atoms with Crippen LogP contribution in [0.3, 0.4) is 0 Å². The summed E-state index contributed by atoms with van der Waals surface area (Å²) in [6.45, 7) is 4.72. The summed E-state index contributed by atoms with van der Waals surface area (Å²) in [6.07, 6.45) is 0. The molecular formula is C18H20N2O2. The summed E-state index contributed by atoms with van der Waals surface area (Å²) >= 11 is 0. The van der Waals surface area contributed by atoms with Crippen molar-refractivity contribution < 1.29 is 9.47 Å². The molecule has 2 aromatic rings. The largest absolute Gasteiger partial charge is 0.497 e. The Labute approximate surface area is 131 Å². The fourth-order valence-electron chi connectivity index (χ4n) is 2.00. The van der Waals surface area contributed by atoms with Crippen molar-refractivity contribution in [3.05, 3.63) is 52.8 Å². The highest BCUT2D eigenvalue weighted by molar-refractivity contribution is 5.57. The van der Waals surface area contributed by atoms with E-state index in [-0.39, 0.29) is 0 Å². The second kappa shape index (κ2) is 7.48. The molecule has 0 atom stereocenters. The standard InChI is InChI=1S/C18H20N2O2/c1-13-11-14(2)20-17(18(13)19)5-4-10-22-12-15-6-8-16(21-3)9-7-15/h6-9,11H,10,12,19H2,1-3H3. The summed E-state index contributed by atoms with van der Waals surface area (Å²) in [6, 6.07) is 9.70. The van der Waals surface area contributed by atoms with Crippen LogP contribution in [0.5, 0.6) is 5.75 Å². The van der Waals surface area contributed by atoms with Crippen molar-refractivity contribution in [2.75, 3.05) is 19.5 Å². The van der Waals surface area contributed by atoms with Gasteiger partial charge in [-0.25, -0.2) is 4.98 Å². The highest BCUT2D eigenvalue weighted by atomic mass is 16.5. The number of nitrogen functional groups attached to an aromatic ring is 1. The predicted octanol–water partition coefficient (Wildman–Crippen LogP) is 2.86. The minimum atomic E-state index is 0.333. The maximum atomic E-state index is 5.97. The van der Waals surface area contributed by atoms with Crippen LogP contribution in [0.15, 0.2) is 30.3 Å². The summed E-state index contributed by atoms with van der Waals surface area (Å²) in [5.41, 5.74) is 10.2. The average molecular weight is 296 g/mol. The third-order valence-electron chi connectivity index (χ3n) is 3.20. The number of pyridine rings is 1. The number of nitrogens with two attached hydrogens (primary N) is 1. The summed E-state index contributed by atoms with van der Waals surface area (Å²) in [4.78, 5) is 4.34. The Morgan fingerprint density at radius 2 is 1.91 bits per heavy atom. The van der Waals surface area contributed by atoms with Crippen molar-refractivity contribution in [1.82, 2.24) is 4.98 Å². The number of anilines is 1. The molecule has 0 saturated carbocycles. The molecule has 1 heterocycles. The van der Waals surface area contributed by atoms with Crippen LogP contribution in [0.2, 0.25) is 0 Å². The Hall–Kier alpha value is -2.51. The lowest BCUT2D eigenvalue weighted by molar-refractivity contribution is 0.153. The van der Waals surface area contributed by atoms with E-state index in [1.807, 2.05) is 44.2 Å². The van der Waals surface area contributed by atoms with Gasteiger partial charge in [0.25, 0.3) is 0 Å². The predicted molar refractivity (Wildman–Crippen MR) is 87.7 cm³/mol. The second-order valence-corrected chi connectivity index (χ2v) is 4.99. The molecular weight excluding hydrogens is 276 g/mol. The Balaban J connectivity index is 1.89. The lowest BCUT2D eigenvalue weighted by Crippen LogP contribution is -1.99. The molecule has 0 radical (unpaired) electrons. The van der Waals surface area contributed by atoms with Crippen molar-refractivity contribution in [3.8, 4) is 17.6 Å². The Bertz CT molecular complexity index is 698. The van der Waals surface area contributed by atoms with Gasteiger partial charge in [0.1, 0.15) is 18.1 Å². The van der Waals surface area contributed by atoms with E-state index in [1.165, 1.54) is 0 Å². The zero-order chi connectivity index (χ0) is 15.9. The van der Waals surface area contributed by atoms with Crippen molar-refractivity contribution in [2.24, 2.45) is 0 Å². The van der Waals surface area contributed by atoms with Crippen LogP contribution in [-0.2, 0) is 11.3 Å². The van der Waals surface area contributed by atoms with Gasteiger partial charge in [-0.1, -0.05) is 18.1 Å². The van der Waals surface area contributed by atoms with Crippen LogP contribution in [0.4, 0.5) is 5.69 Å². The van der Waals surface area contributed by atoms with E-state index in [0.29, 0.717) is 24.6 Å². The number of aromatic nitrogens is 1. The molecule has 0 spiro atoms. The Morgan fingerprint density at radius 1 is 1.18 bits per heavy atom. The minimum Gasteiger partial charge on any atom is -0.497 e. The van der Waals surface area contributed by atoms with E-state index >= 15 is 0 Å². The van der Waals surface area contributed by atoms with Crippen molar-refractivity contribution >= 4 is 5.69 Å². The van der Waals surface area contributed by atoms with E-state index in [2.05, 4.69) is 16.8 Å². The maximum absolute atomic E-state index is 5.97. The van der Waals surface area contributed by atoms with E-state index < -0.39 is 0 Å². The molecule has 0 amide bonds. The van der Waals surface area contributed by atoms with Gasteiger partial charge in [0.05, 0.1) is 19.4 Å². The molecule has 0 saturated heterocycles. The Morgan fingerprint density at radius 3 is 2.59 bits per heavy atom. The van der Waals surface area contributed by atoms with E-state index in [9.17, 15) is 0 Å². The molecule has 0 bridgehead atoms. The molecule has 4 nitrogen and oxygen atoms in total. The molecule has 0 aliphatic rings. The summed E-state index contributed by atoms with van der Waals surface area (Å²) in [5.74, 6) is 6.75. The third kappa shape index (κ3) is 4.24. The number of ether oxygens (including phenoxy) is 2. The van der Waals surface area contributed by atoms with Crippen LogP contribution >= 0.6 is 0 Å². The number of rotatable bonds is 4. The normalized spacial score (nSPS) is 9.95. The minimum absolute atomic E-state index is 0.333. The maximum Gasteiger partial charge on any atom is 0.136 e. The summed E-state index contributed by atoms with van der Waals surface area (Å²) in [7, 11) is 1.65. The first-order valence-electron chi connectivity index (χ1n) is 7.03. The first-order valence-corrected chi connectivity index (χ1v) is 7.03. The Kier molecular flexibility index (Phi) is 5.40. The van der Waals surface area contributed by atoms with Gasteiger partial charge in [-0.3, -0.25) is 0 Å². The number of aryl methyl sites for hydroxylation is 2. The van der Waals surface area contributed by atoms with Crippen LogP contribution < -0.4 is 10.5 Å². The molecule has 114 valence electrons. The fourth-order valence-corrected chi connectivity index (χ4v) is 2.00. The molecule has 0 aliphatic carbocycles. The zero-order valence-corrected chi connectivity index (χ0v) is 13.1. The molecule has 2 N–H and O–H groups in total. The van der Waals surface area contributed by atoms with Crippen LogP contribution in [0.1, 0.15) is 22.5 Å². The number of methoxy groups -OCH3 is 1. The fraction of sp³-hybridized carbons (Fsp3) is 0.278. The lowest BCUT2D eigenvalue weighted by atomic mass is 10.1. The van der Waals surface area contributed by atoms with Crippen molar-refractivity contribution in [1.29, 1.82) is 0 Å². The zero-order valence-electron chi connectivity index (χ0n) is 13.1. The molecule has 0 fully saturated rings. The van der Waals surface area contributed by atoms with E-state index in [0.717, 1.165) is 22.6 Å². The SMILES string of the molecule is COc1ccc(COCC#Cc2nc(C)cc(C)c2N)cc1. The van der Waals surface area contributed by atoms with Crippen LogP contribution in [-0.4, -0.2) is 18.7 Å². The second-order valence-electron chi connectivity index (χ2n) is 4.99. The van der Waals surface area contributed by atoms with Gasteiger partial charge in [-0.05, 0) is 49.1 Å². The first kappa shape index (κ1) is 15.9. The van der Waals surface area contributed by atoms with Gasteiger partial charge < -0.3 is 15.2 Å². The molecule has 1 aromatic carbocycles. The monoisotopic (exact) mass is 296 g/mol. The average Bonchev–Trinajstić information content (AvgIpc) is 2.52. The van der Waals surface area contributed by atoms with Gasteiger partial charge in [-0.2, -0.15) is 0 Å². The lowest BCUT2D eigenvalue weighted by Gasteiger charge is -2.04. The number of benzene rings is 1. The molecule has 0 aliphatic heterocycles. The summed E-state index contributed by atoms with van der Waals surface area (Å²) in [5, 5.41) is 0. The molecule has 22 heavy (non-hydrogen) atoms. The highest BCUT2D eigenvalue weighted by Crippen LogP contribution is 2.15. The van der Waals surface area contributed by atoms with Gasteiger partial charge in [-0.15, -0.1) is 0 Å². The number of hydrogen-bond donors (Lipinski definition) is 1. The van der Waals surface area contributed by atoms with Gasteiger partial charge >= 0.3 is 0 Å². The highest BCUT2D eigenvalue weighted by Gasteiger charge is 2.02. The van der Waals surface area contributed by atoms with Crippen LogP contribution in [0, 0.1) is 25.7 Å². The summed E-state index contributed by atoms with van der Waals surface area (Å²) < 4.78 is 10.6. The van der Waals surface area contributed by atoms with Crippen molar-refractivity contribution in [2.45, 2.75) is 20.5 Å². The molecule has 0 unspecified atom stereocenters. The quantitative estimate of drug-likeness (QED) is 0.696. The first-order chi connectivity index (χ1) is 10.6. The number of nitrogens with zero attached hydrogens (tertiary/aromatic N) is 1. The molecule has 1 aromatic heterocycles. The van der Waals surface area contributed by atoms with E-state index in [1.54, 1.807) is 7.11 Å². The van der Waals surface area contributed by atoms with Gasteiger partial charge in [0.15, 0.2) is 0 Å².